The first-order valence-corrected chi connectivity index (χ1v) is 26.4. The molecular weight excluding hydrogens is 531 g/mol. The topological polar surface area (TPSA) is 184 Å². The van der Waals surface area contributed by atoms with Gasteiger partial charge in [0, 0.05) is 0 Å². The van der Waals surface area contributed by atoms with Crippen LogP contribution in [0, 0.1) is 0 Å². The van der Waals surface area contributed by atoms with Gasteiger partial charge >= 0.3 is 42.8 Å². The van der Waals surface area contributed by atoms with Crippen molar-refractivity contribution in [3.63, 3.8) is 0 Å². The monoisotopic (exact) mass is 590 g/mol. The average molecular weight is 591 g/mol. The van der Waals surface area contributed by atoms with Gasteiger partial charge in [-0.05, 0) is 95.1 Å². The fourth-order valence-corrected chi connectivity index (χ4v) is 34.6. The largest absolute Gasteiger partial charge is 0.416 e. The van der Waals surface area contributed by atoms with Gasteiger partial charge in [-0.25, -0.2) is 0 Å². The molecule has 1 fully saturated rings. The van der Waals surface area contributed by atoms with Crippen molar-refractivity contribution in [2.75, 3.05) is 32.7 Å². The summed E-state index contributed by atoms with van der Waals surface area (Å²) in [4.78, 5) is 0. The first-order chi connectivity index (χ1) is 16.3. The van der Waals surface area contributed by atoms with Gasteiger partial charge in [0.1, 0.15) is 0 Å². The van der Waals surface area contributed by atoms with Crippen LogP contribution in [0.1, 0.15) is 32.1 Å². The maximum atomic E-state index is 7.17. The molecule has 1 saturated heterocycles. The highest BCUT2D eigenvalue weighted by molar-refractivity contribution is 6.94. The van der Waals surface area contributed by atoms with Gasteiger partial charge in [0.25, 0.3) is 0 Å². The molecular formula is C20H60N5O5Si5+5. The molecule has 1 aliphatic heterocycles. The third-order valence-corrected chi connectivity index (χ3v) is 30.1. The number of hydrogen-bond acceptors (Lipinski definition) is 5. The lowest BCUT2D eigenvalue weighted by Crippen LogP contribution is -2.68. The SMILES string of the molecule is C[Si]1(CCC[NH3+])O[Si](C)(CCC[NH3+])O[Si](C)(CCC[NH3+])O[Si](C)(CCC[NH3+])O[Si](C)(CCC[NH3+])O1. The van der Waals surface area contributed by atoms with Crippen molar-refractivity contribution in [3.8, 4) is 0 Å². The molecule has 0 unspecified atom stereocenters. The minimum atomic E-state index is -2.60. The Hall–Kier alpha value is 0.684. The lowest BCUT2D eigenvalue weighted by Gasteiger charge is -2.50. The van der Waals surface area contributed by atoms with Crippen LogP contribution in [0.5, 0.6) is 0 Å². The predicted octanol–water partition coefficient (Wildman–Crippen LogP) is -1.40. The van der Waals surface area contributed by atoms with Gasteiger partial charge in [0.05, 0.1) is 32.7 Å². The van der Waals surface area contributed by atoms with Crippen LogP contribution in [0.25, 0.3) is 0 Å². The molecule has 0 spiro atoms. The molecule has 15 N–H and O–H groups in total. The van der Waals surface area contributed by atoms with Crippen LogP contribution in [-0.4, -0.2) is 75.5 Å². The highest BCUT2D eigenvalue weighted by Gasteiger charge is 2.56. The van der Waals surface area contributed by atoms with E-state index in [2.05, 4.69) is 61.4 Å². The van der Waals surface area contributed by atoms with Crippen LogP contribution in [0.4, 0.5) is 0 Å². The lowest BCUT2D eigenvalue weighted by atomic mass is 10.5. The molecule has 0 bridgehead atoms. The third kappa shape index (κ3) is 11.9. The quantitative estimate of drug-likeness (QED) is 0.147. The van der Waals surface area contributed by atoms with E-state index in [-0.39, 0.29) is 0 Å². The van der Waals surface area contributed by atoms with Crippen molar-refractivity contribution in [3.05, 3.63) is 0 Å². The van der Waals surface area contributed by atoms with Crippen LogP contribution in [0.15, 0.2) is 0 Å². The minimum Gasteiger partial charge on any atom is -0.416 e. The van der Waals surface area contributed by atoms with E-state index in [1.807, 2.05) is 0 Å². The zero-order chi connectivity index (χ0) is 26.6. The van der Waals surface area contributed by atoms with Crippen LogP contribution in [0.2, 0.25) is 63.0 Å². The van der Waals surface area contributed by atoms with Gasteiger partial charge in [-0.15, -0.1) is 0 Å². The van der Waals surface area contributed by atoms with Crippen molar-refractivity contribution in [1.29, 1.82) is 0 Å². The molecule has 15 heteroatoms. The van der Waals surface area contributed by atoms with Gasteiger partial charge in [-0.2, -0.15) is 0 Å². The van der Waals surface area contributed by atoms with Gasteiger partial charge in [-0.3, -0.25) is 0 Å². The molecule has 10 nitrogen and oxygen atoms in total. The Morgan fingerprint density at radius 2 is 0.486 bits per heavy atom. The van der Waals surface area contributed by atoms with E-state index >= 15 is 0 Å². The highest BCUT2D eigenvalue weighted by atomic mass is 28.5. The zero-order valence-corrected chi connectivity index (χ0v) is 28.7. The van der Waals surface area contributed by atoms with Crippen LogP contribution >= 0.6 is 0 Å². The maximum absolute atomic E-state index is 7.17. The van der Waals surface area contributed by atoms with Crippen molar-refractivity contribution < 1.29 is 49.2 Å². The van der Waals surface area contributed by atoms with Crippen molar-refractivity contribution in [2.45, 2.75) is 95.1 Å². The summed E-state index contributed by atoms with van der Waals surface area (Å²) in [6.07, 6.45) is 4.96. The first kappa shape index (κ1) is 33.7. The van der Waals surface area contributed by atoms with E-state index in [1.54, 1.807) is 0 Å². The Morgan fingerprint density at radius 1 is 0.343 bits per heavy atom. The van der Waals surface area contributed by atoms with Crippen LogP contribution < -0.4 is 28.7 Å². The Morgan fingerprint density at radius 3 is 0.600 bits per heavy atom. The summed E-state index contributed by atoms with van der Waals surface area (Å²) in [7, 11) is -13.0. The van der Waals surface area contributed by atoms with E-state index in [1.165, 1.54) is 0 Å². The van der Waals surface area contributed by atoms with Crippen LogP contribution in [0.3, 0.4) is 0 Å². The summed E-state index contributed by atoms with van der Waals surface area (Å²) >= 11 is 0. The molecule has 1 heterocycles. The highest BCUT2D eigenvalue weighted by Crippen LogP contribution is 2.38. The van der Waals surface area contributed by atoms with E-state index < -0.39 is 42.8 Å². The second-order valence-corrected chi connectivity index (χ2v) is 28.9. The summed E-state index contributed by atoms with van der Waals surface area (Å²) in [5.74, 6) is 0. The summed E-state index contributed by atoms with van der Waals surface area (Å²) in [5.41, 5.74) is 20.5. The number of rotatable bonds is 15. The van der Waals surface area contributed by atoms with Gasteiger partial charge in [0.15, 0.2) is 0 Å². The standard InChI is InChI=1S/C20H55N5O5Si5/c1-31(16-6-11-21)26-32(2,17-7-12-22)28-34(4,19-9-14-24)30-35(5,20-10-15-25)29-33(3,27-31)18-8-13-23/h6-25H2,1-5H3/p+5. The second-order valence-electron chi connectivity index (χ2n) is 11.0. The zero-order valence-electron chi connectivity index (χ0n) is 23.7. The average Bonchev–Trinajstić information content (AvgIpc) is 2.76. The molecule has 0 radical (unpaired) electrons. The first-order valence-electron chi connectivity index (χ1n) is 13.8. The molecule has 0 atom stereocenters. The molecule has 0 aromatic rings. The van der Waals surface area contributed by atoms with E-state index in [9.17, 15) is 0 Å². The molecule has 0 aliphatic carbocycles. The smallest absolute Gasteiger partial charge is 0.317 e. The minimum absolute atomic E-state index is 0.875. The van der Waals surface area contributed by atoms with E-state index in [0.29, 0.717) is 0 Å². The normalized spacial score (nSPS) is 36.9. The molecule has 0 aromatic carbocycles. The third-order valence-electron chi connectivity index (χ3n) is 6.56. The van der Waals surface area contributed by atoms with Crippen molar-refractivity contribution in [1.82, 2.24) is 0 Å². The number of quaternary nitrogens is 5. The van der Waals surface area contributed by atoms with Crippen molar-refractivity contribution >= 4 is 42.8 Å². The Bertz CT molecular complexity index is 487. The summed E-state index contributed by atoms with van der Waals surface area (Å²) < 4.78 is 35.8. The summed E-state index contributed by atoms with van der Waals surface area (Å²) in [5, 5.41) is 0. The van der Waals surface area contributed by atoms with E-state index in [0.717, 1.165) is 95.0 Å². The molecule has 35 heavy (non-hydrogen) atoms. The molecule has 1 aliphatic rings. The van der Waals surface area contributed by atoms with Crippen molar-refractivity contribution in [2.24, 2.45) is 0 Å². The molecule has 1 rings (SSSR count). The molecule has 0 saturated carbocycles. The van der Waals surface area contributed by atoms with Gasteiger partial charge < -0.3 is 49.2 Å². The van der Waals surface area contributed by atoms with Gasteiger partial charge in [0.2, 0.25) is 0 Å². The molecule has 210 valence electrons. The Kier molecular flexibility index (Phi) is 14.8. The summed E-state index contributed by atoms with van der Waals surface area (Å²) in [6.45, 7) is 15.6. The molecule has 0 amide bonds. The van der Waals surface area contributed by atoms with E-state index in [4.69, 9.17) is 20.6 Å². The van der Waals surface area contributed by atoms with Crippen LogP contribution in [-0.2, 0) is 20.6 Å². The Labute approximate surface area is 219 Å². The number of hydrogen-bond donors (Lipinski definition) is 5. The summed E-state index contributed by atoms with van der Waals surface area (Å²) in [6, 6.07) is 4.57. The van der Waals surface area contributed by atoms with Gasteiger partial charge in [-0.1, -0.05) is 0 Å². The lowest BCUT2D eigenvalue weighted by molar-refractivity contribution is -0.368. The predicted molar refractivity (Wildman–Crippen MR) is 149 cm³/mol. The fourth-order valence-electron chi connectivity index (χ4n) is 5.13. The molecule has 0 aromatic heterocycles. The maximum Gasteiger partial charge on any atom is 0.317 e. The Balaban J connectivity index is 3.62. The fraction of sp³-hybridized carbons (Fsp3) is 1.00. The second kappa shape index (κ2) is 15.3.